The number of carbonyl (C=O) groups is 3. The number of rotatable bonds is 7. The van der Waals surface area contributed by atoms with Crippen molar-refractivity contribution in [2.75, 3.05) is 18.9 Å². The normalized spacial score (nSPS) is 10.4. The Morgan fingerprint density at radius 3 is 2.31 bits per heavy atom. The number of hydrogen-bond acceptors (Lipinski definition) is 9. The number of aryl methyl sites for hydroxylation is 1. The summed E-state index contributed by atoms with van der Waals surface area (Å²) in [4.78, 5) is 36.6. The highest BCUT2D eigenvalue weighted by atomic mass is 32.1. The van der Waals surface area contributed by atoms with Gasteiger partial charge in [-0.15, -0.1) is 11.3 Å². The minimum absolute atomic E-state index is 0.0108. The highest BCUT2D eigenvalue weighted by molar-refractivity contribution is 7.18. The maximum absolute atomic E-state index is 12.2. The van der Waals surface area contributed by atoms with E-state index in [1.54, 1.807) is 20.8 Å². The van der Waals surface area contributed by atoms with Crippen LogP contribution in [0, 0.1) is 6.92 Å². The molecule has 2 aromatic heterocycles. The molecule has 8 nitrogen and oxygen atoms in total. The number of furan rings is 1. The van der Waals surface area contributed by atoms with Crippen molar-refractivity contribution in [3.8, 4) is 0 Å². The first kappa shape index (κ1) is 19.5. The Bertz CT molecular complexity index is 821. The number of ether oxygens (including phenoxy) is 3. The quantitative estimate of drug-likeness (QED) is 0.574. The van der Waals surface area contributed by atoms with Gasteiger partial charge in [-0.25, -0.2) is 14.4 Å². The van der Waals surface area contributed by atoms with Crippen LogP contribution in [0.25, 0.3) is 0 Å². The second kappa shape index (κ2) is 8.52. The summed E-state index contributed by atoms with van der Waals surface area (Å²) in [6, 6.07) is 1.47. The van der Waals surface area contributed by atoms with Gasteiger partial charge in [0.2, 0.25) is 0 Å². The topological polar surface area (TPSA) is 118 Å². The lowest BCUT2D eigenvalue weighted by atomic mass is 10.1. The molecule has 0 aliphatic heterocycles. The Morgan fingerprint density at radius 1 is 1.08 bits per heavy atom. The summed E-state index contributed by atoms with van der Waals surface area (Å²) in [5, 5.41) is 0.0945. The van der Waals surface area contributed by atoms with Crippen LogP contribution in [0.1, 0.15) is 55.6 Å². The van der Waals surface area contributed by atoms with Gasteiger partial charge in [-0.05, 0) is 26.8 Å². The van der Waals surface area contributed by atoms with Crippen LogP contribution < -0.4 is 5.73 Å². The molecule has 0 atom stereocenters. The van der Waals surface area contributed by atoms with Gasteiger partial charge in [-0.1, -0.05) is 0 Å². The van der Waals surface area contributed by atoms with Crippen LogP contribution in [-0.4, -0.2) is 31.1 Å². The van der Waals surface area contributed by atoms with E-state index in [-0.39, 0.29) is 46.4 Å². The predicted octanol–water partition coefficient (Wildman–Crippen LogP) is 2.94. The number of nitrogen functional groups attached to an aromatic ring is 1. The Balaban J connectivity index is 2.33. The highest BCUT2D eigenvalue weighted by Gasteiger charge is 2.29. The van der Waals surface area contributed by atoms with E-state index in [0.717, 1.165) is 11.3 Å². The molecular weight excluding hydrogens is 362 g/mol. The highest BCUT2D eigenvalue weighted by Crippen LogP contribution is 2.33. The average Bonchev–Trinajstić information content (AvgIpc) is 3.16. The first-order valence-corrected chi connectivity index (χ1v) is 8.68. The van der Waals surface area contributed by atoms with Gasteiger partial charge in [0.05, 0.1) is 19.5 Å². The largest absolute Gasteiger partial charge is 0.469 e. The van der Waals surface area contributed by atoms with Crippen LogP contribution in [0.4, 0.5) is 5.00 Å². The molecule has 0 aliphatic rings. The zero-order chi connectivity index (χ0) is 19.3. The smallest absolute Gasteiger partial charge is 0.348 e. The van der Waals surface area contributed by atoms with Gasteiger partial charge in [0.25, 0.3) is 0 Å². The number of anilines is 1. The number of carbonyl (C=O) groups excluding carboxylic acids is 3. The Hall–Kier alpha value is -2.81. The molecule has 0 spiro atoms. The van der Waals surface area contributed by atoms with Gasteiger partial charge in [-0.3, -0.25) is 0 Å². The van der Waals surface area contributed by atoms with E-state index >= 15 is 0 Å². The number of hydrogen-bond donors (Lipinski definition) is 1. The summed E-state index contributed by atoms with van der Waals surface area (Å²) in [6.45, 7) is 4.87. The van der Waals surface area contributed by atoms with E-state index in [1.807, 2.05) is 0 Å². The van der Waals surface area contributed by atoms with Gasteiger partial charge in [0, 0.05) is 5.56 Å². The molecular formula is C17H19NO7S. The molecule has 26 heavy (non-hydrogen) atoms. The third-order valence-electron chi connectivity index (χ3n) is 3.40. The Labute approximate surface area is 153 Å². The molecule has 2 N–H and O–H groups in total. The van der Waals surface area contributed by atoms with Crippen LogP contribution in [0.15, 0.2) is 16.7 Å². The van der Waals surface area contributed by atoms with E-state index in [9.17, 15) is 14.4 Å². The molecule has 0 bridgehead atoms. The first-order valence-electron chi connectivity index (χ1n) is 7.87. The summed E-state index contributed by atoms with van der Waals surface area (Å²) in [5.41, 5.74) is 6.32. The second-order valence-electron chi connectivity index (χ2n) is 5.06. The summed E-state index contributed by atoms with van der Waals surface area (Å²) >= 11 is 0.888. The molecule has 0 aliphatic carbocycles. The van der Waals surface area contributed by atoms with E-state index in [0.29, 0.717) is 5.76 Å². The zero-order valence-electron chi connectivity index (χ0n) is 14.6. The van der Waals surface area contributed by atoms with Crippen LogP contribution in [0.5, 0.6) is 0 Å². The summed E-state index contributed by atoms with van der Waals surface area (Å²) in [7, 11) is 0. The molecule has 0 amide bonds. The molecule has 2 aromatic rings. The maximum Gasteiger partial charge on any atom is 0.348 e. The monoisotopic (exact) mass is 381 g/mol. The molecule has 0 saturated carbocycles. The van der Waals surface area contributed by atoms with Crippen molar-refractivity contribution in [3.63, 3.8) is 0 Å². The zero-order valence-corrected chi connectivity index (χ0v) is 15.4. The molecule has 9 heteroatoms. The Kier molecular flexibility index (Phi) is 6.40. The lowest BCUT2D eigenvalue weighted by Crippen LogP contribution is -2.14. The number of nitrogens with two attached hydrogens (primary N) is 1. The van der Waals surface area contributed by atoms with Crippen molar-refractivity contribution in [3.05, 3.63) is 39.7 Å². The van der Waals surface area contributed by atoms with Crippen molar-refractivity contribution < 1.29 is 33.0 Å². The summed E-state index contributed by atoms with van der Waals surface area (Å²) in [5.74, 6) is -1.59. The lowest BCUT2D eigenvalue weighted by molar-refractivity contribution is 0.0436. The summed E-state index contributed by atoms with van der Waals surface area (Å²) < 4.78 is 20.3. The molecule has 0 unspecified atom stereocenters. The van der Waals surface area contributed by atoms with Crippen molar-refractivity contribution >= 4 is 34.2 Å². The third kappa shape index (κ3) is 4.05. The number of esters is 3. The minimum Gasteiger partial charge on any atom is -0.469 e. The van der Waals surface area contributed by atoms with E-state index in [1.165, 1.54) is 12.3 Å². The van der Waals surface area contributed by atoms with E-state index < -0.39 is 17.9 Å². The van der Waals surface area contributed by atoms with Crippen LogP contribution in [0.3, 0.4) is 0 Å². The van der Waals surface area contributed by atoms with Gasteiger partial charge in [-0.2, -0.15) is 0 Å². The van der Waals surface area contributed by atoms with Crippen LogP contribution >= 0.6 is 11.3 Å². The molecule has 0 aromatic carbocycles. The van der Waals surface area contributed by atoms with Gasteiger partial charge < -0.3 is 24.4 Å². The second-order valence-corrected chi connectivity index (χ2v) is 6.11. The van der Waals surface area contributed by atoms with Crippen molar-refractivity contribution in [1.29, 1.82) is 0 Å². The molecule has 0 saturated heterocycles. The van der Waals surface area contributed by atoms with E-state index in [2.05, 4.69) is 0 Å². The lowest BCUT2D eigenvalue weighted by Gasteiger charge is -2.08. The fourth-order valence-electron chi connectivity index (χ4n) is 2.22. The molecule has 140 valence electrons. The van der Waals surface area contributed by atoms with Crippen molar-refractivity contribution in [2.45, 2.75) is 27.4 Å². The Morgan fingerprint density at radius 2 is 1.73 bits per heavy atom. The average molecular weight is 381 g/mol. The molecule has 0 fully saturated rings. The predicted molar refractivity (Wildman–Crippen MR) is 93.2 cm³/mol. The molecule has 0 radical (unpaired) electrons. The fourth-order valence-corrected chi connectivity index (χ4v) is 3.18. The van der Waals surface area contributed by atoms with E-state index in [4.69, 9.17) is 24.4 Å². The SMILES string of the molecule is CCOC(=O)c1sc(N)c(C(=O)OCC)c1COC(=O)c1ccoc1C. The van der Waals surface area contributed by atoms with Gasteiger partial charge in [0.1, 0.15) is 33.4 Å². The number of thiophene rings is 1. The third-order valence-corrected chi connectivity index (χ3v) is 4.44. The fraction of sp³-hybridized carbons (Fsp3) is 0.353. The van der Waals surface area contributed by atoms with Crippen molar-refractivity contribution in [2.24, 2.45) is 0 Å². The maximum atomic E-state index is 12.2. The summed E-state index contributed by atoms with van der Waals surface area (Å²) in [6.07, 6.45) is 1.36. The molecule has 2 heterocycles. The standard InChI is InChI=1S/C17H19NO7S/c1-4-22-16(20)12-11(13(26-14(12)18)17(21)23-5-2)8-25-15(19)10-6-7-24-9(10)3/h6-7H,4-5,8,18H2,1-3H3. The first-order chi connectivity index (χ1) is 12.4. The van der Waals surface area contributed by atoms with Gasteiger partial charge >= 0.3 is 17.9 Å². The minimum atomic E-state index is -0.692. The molecule has 2 rings (SSSR count). The van der Waals surface area contributed by atoms with Gasteiger partial charge in [0.15, 0.2) is 0 Å². The van der Waals surface area contributed by atoms with Crippen LogP contribution in [-0.2, 0) is 20.8 Å². The van der Waals surface area contributed by atoms with Crippen LogP contribution in [0.2, 0.25) is 0 Å². The van der Waals surface area contributed by atoms with Crippen molar-refractivity contribution in [1.82, 2.24) is 0 Å².